The van der Waals surface area contributed by atoms with Gasteiger partial charge in [0, 0.05) is 31.7 Å². The molecule has 33 heavy (non-hydrogen) atoms. The highest BCUT2D eigenvalue weighted by atomic mass is 16.6. The minimum absolute atomic E-state index is 0.0823. The van der Waals surface area contributed by atoms with Gasteiger partial charge in [0.1, 0.15) is 6.61 Å². The summed E-state index contributed by atoms with van der Waals surface area (Å²) in [5.41, 5.74) is 2.90. The van der Waals surface area contributed by atoms with Crippen LogP contribution in [-0.2, 0) is 11.3 Å². The van der Waals surface area contributed by atoms with Crippen molar-refractivity contribution in [2.75, 3.05) is 19.7 Å². The van der Waals surface area contributed by atoms with Gasteiger partial charge in [-0.3, -0.25) is 4.57 Å². The number of amides is 1. The number of aromatic nitrogens is 2. The topological polar surface area (TPSA) is 79.4 Å². The molecule has 7 heteroatoms. The van der Waals surface area contributed by atoms with Crippen molar-refractivity contribution in [2.45, 2.75) is 51.7 Å². The number of rotatable bonds is 8. The molecule has 4 rings (SSSR count). The first kappa shape index (κ1) is 23.1. The third kappa shape index (κ3) is 5.85. The zero-order valence-electron chi connectivity index (χ0n) is 19.5. The first-order valence-electron chi connectivity index (χ1n) is 11.9. The molecule has 1 aliphatic heterocycles. The van der Waals surface area contributed by atoms with Crippen molar-refractivity contribution in [1.29, 1.82) is 0 Å². The van der Waals surface area contributed by atoms with Crippen LogP contribution in [0.25, 0.3) is 11.0 Å². The van der Waals surface area contributed by atoms with Crippen molar-refractivity contribution >= 4 is 17.1 Å². The number of para-hydroxylation sites is 2. The Labute approximate surface area is 194 Å². The van der Waals surface area contributed by atoms with Gasteiger partial charge >= 0.3 is 11.8 Å². The fourth-order valence-electron chi connectivity index (χ4n) is 4.64. The van der Waals surface area contributed by atoms with Crippen LogP contribution in [0.1, 0.15) is 44.7 Å². The third-order valence-corrected chi connectivity index (χ3v) is 6.31. The second kappa shape index (κ2) is 10.7. The number of imidazole rings is 1. The number of H-pyrrole nitrogens is 1. The second-order valence-electron chi connectivity index (χ2n) is 9.31. The molecule has 0 saturated carbocycles. The number of nitrogens with zero attached hydrogens (tertiary/aromatic N) is 2. The van der Waals surface area contributed by atoms with E-state index in [0.717, 1.165) is 36.8 Å². The molecule has 1 saturated heterocycles. The molecule has 2 heterocycles. The maximum Gasteiger partial charge on any atom is 0.409 e. The van der Waals surface area contributed by atoms with Gasteiger partial charge in [0.25, 0.3) is 0 Å². The summed E-state index contributed by atoms with van der Waals surface area (Å²) in [7, 11) is 0. The van der Waals surface area contributed by atoms with Gasteiger partial charge in [-0.2, -0.15) is 0 Å². The van der Waals surface area contributed by atoms with Crippen LogP contribution in [0.2, 0.25) is 0 Å². The third-order valence-electron chi connectivity index (χ3n) is 6.31. The fraction of sp³-hybridized carbons (Fsp3) is 0.462. The highest BCUT2D eigenvalue weighted by Gasteiger charge is 2.27. The van der Waals surface area contributed by atoms with E-state index in [-0.39, 0.29) is 23.9 Å². The van der Waals surface area contributed by atoms with E-state index in [1.54, 1.807) is 4.90 Å². The van der Waals surface area contributed by atoms with Crippen LogP contribution >= 0.6 is 0 Å². The lowest BCUT2D eigenvalue weighted by Gasteiger charge is -2.32. The predicted octanol–water partition coefficient (Wildman–Crippen LogP) is 4.31. The monoisotopic (exact) mass is 450 g/mol. The van der Waals surface area contributed by atoms with Crippen molar-refractivity contribution in [3.8, 4) is 0 Å². The van der Waals surface area contributed by atoms with Crippen LogP contribution in [-0.4, -0.2) is 46.3 Å². The highest BCUT2D eigenvalue weighted by molar-refractivity contribution is 5.75. The Morgan fingerprint density at radius 2 is 1.79 bits per heavy atom. The largest absolute Gasteiger partial charge is 0.448 e. The zero-order valence-corrected chi connectivity index (χ0v) is 19.5. The number of nitrogens with one attached hydrogen (secondary N) is 2. The van der Waals surface area contributed by atoms with Crippen LogP contribution < -0.4 is 11.0 Å². The number of ether oxygens (including phenoxy) is 1. The van der Waals surface area contributed by atoms with Crippen molar-refractivity contribution < 1.29 is 9.53 Å². The summed E-state index contributed by atoms with van der Waals surface area (Å²) in [4.78, 5) is 29.9. The minimum atomic E-state index is -0.269. The molecular weight excluding hydrogens is 416 g/mol. The van der Waals surface area contributed by atoms with Crippen LogP contribution in [0.15, 0.2) is 59.4 Å². The Morgan fingerprint density at radius 3 is 2.52 bits per heavy atom. The van der Waals surface area contributed by atoms with E-state index in [1.165, 1.54) is 5.56 Å². The molecule has 1 fully saturated rings. The summed E-state index contributed by atoms with van der Waals surface area (Å²) < 4.78 is 7.54. The summed E-state index contributed by atoms with van der Waals surface area (Å²) in [6, 6.07) is 18.2. The Hall–Kier alpha value is -3.06. The smallest absolute Gasteiger partial charge is 0.409 e. The van der Waals surface area contributed by atoms with E-state index < -0.39 is 0 Å². The molecule has 2 aromatic carbocycles. The molecule has 0 bridgehead atoms. The normalized spacial score (nSPS) is 15.8. The lowest BCUT2D eigenvalue weighted by atomic mass is 10.0. The van der Waals surface area contributed by atoms with Crippen LogP contribution in [0.4, 0.5) is 4.79 Å². The lowest BCUT2D eigenvalue weighted by molar-refractivity contribution is 0.0781. The maximum absolute atomic E-state index is 12.7. The van der Waals surface area contributed by atoms with E-state index in [2.05, 4.69) is 36.3 Å². The van der Waals surface area contributed by atoms with Gasteiger partial charge in [-0.1, -0.05) is 56.3 Å². The Kier molecular flexibility index (Phi) is 7.50. The van der Waals surface area contributed by atoms with Gasteiger partial charge in [0.05, 0.1) is 11.0 Å². The number of benzene rings is 2. The number of hydrogen-bond acceptors (Lipinski definition) is 4. The number of likely N-dealkylation sites (tertiary alicyclic amines) is 1. The van der Waals surface area contributed by atoms with Crippen molar-refractivity contribution in [3.63, 3.8) is 0 Å². The molecule has 7 nitrogen and oxygen atoms in total. The maximum atomic E-state index is 12.7. The number of hydrogen-bond donors (Lipinski definition) is 2. The number of carbonyl (C=O) groups excluding carboxylic acids is 1. The molecule has 1 atom stereocenters. The molecule has 0 aliphatic carbocycles. The predicted molar refractivity (Wildman–Crippen MR) is 130 cm³/mol. The minimum Gasteiger partial charge on any atom is -0.448 e. The lowest BCUT2D eigenvalue weighted by Crippen LogP contribution is -2.42. The van der Waals surface area contributed by atoms with Gasteiger partial charge in [-0.25, -0.2) is 9.59 Å². The summed E-state index contributed by atoms with van der Waals surface area (Å²) >= 11 is 0. The van der Waals surface area contributed by atoms with Gasteiger partial charge in [0.15, 0.2) is 0 Å². The molecule has 3 aromatic rings. The first-order chi connectivity index (χ1) is 16.0. The molecular formula is C26H34N4O3. The van der Waals surface area contributed by atoms with Crippen molar-refractivity contribution in [3.05, 3.63) is 70.6 Å². The fourth-order valence-corrected chi connectivity index (χ4v) is 4.64. The van der Waals surface area contributed by atoms with E-state index >= 15 is 0 Å². The Morgan fingerprint density at radius 1 is 1.09 bits per heavy atom. The van der Waals surface area contributed by atoms with Gasteiger partial charge < -0.3 is 19.9 Å². The molecule has 2 N–H and O–H groups in total. The van der Waals surface area contributed by atoms with Crippen LogP contribution in [0.3, 0.4) is 0 Å². The van der Waals surface area contributed by atoms with Crippen LogP contribution in [0, 0.1) is 5.92 Å². The number of carbonyl (C=O) groups is 1. The molecule has 0 spiro atoms. The molecule has 0 radical (unpaired) electrons. The number of aromatic amines is 1. The quantitative estimate of drug-likeness (QED) is 0.536. The molecule has 1 aliphatic rings. The first-order valence-corrected chi connectivity index (χ1v) is 11.9. The summed E-state index contributed by atoms with van der Waals surface area (Å²) in [6.07, 6.45) is 2.14. The molecule has 1 amide bonds. The molecule has 1 aromatic heterocycles. The van der Waals surface area contributed by atoms with E-state index in [4.69, 9.17) is 4.74 Å². The standard InChI is InChI=1S/C26H34N4O3/c1-19(2)16-21(27-17-20-8-4-3-5-9-20)18-33-26(32)29-14-12-22(13-15-29)30-24-11-7-6-10-23(24)28-25(30)31/h3-11,19,21-22,27H,12-18H2,1-2H3,(H,28,31)/t21-/m0/s1. The summed E-state index contributed by atoms with van der Waals surface area (Å²) in [5, 5.41) is 3.54. The average molecular weight is 451 g/mol. The number of piperidine rings is 1. The molecule has 0 unspecified atom stereocenters. The summed E-state index contributed by atoms with van der Waals surface area (Å²) in [6.45, 7) is 6.63. The van der Waals surface area contributed by atoms with E-state index in [9.17, 15) is 9.59 Å². The van der Waals surface area contributed by atoms with Crippen molar-refractivity contribution in [1.82, 2.24) is 19.8 Å². The zero-order chi connectivity index (χ0) is 23.2. The van der Waals surface area contributed by atoms with Gasteiger partial charge in [0.2, 0.25) is 0 Å². The SMILES string of the molecule is CC(C)C[C@@H](COC(=O)N1CCC(n2c(=O)[nH]c3ccccc32)CC1)NCc1ccccc1. The average Bonchev–Trinajstić information content (AvgIpc) is 3.16. The van der Waals surface area contributed by atoms with Gasteiger partial charge in [-0.05, 0) is 42.9 Å². The van der Waals surface area contributed by atoms with E-state index in [1.807, 2.05) is 47.0 Å². The second-order valence-corrected chi connectivity index (χ2v) is 9.31. The Bertz CT molecular complexity index is 1100. The summed E-state index contributed by atoms with van der Waals surface area (Å²) in [5.74, 6) is 0.502. The van der Waals surface area contributed by atoms with Crippen LogP contribution in [0.5, 0.6) is 0 Å². The highest BCUT2D eigenvalue weighted by Crippen LogP contribution is 2.25. The molecule has 176 valence electrons. The van der Waals surface area contributed by atoms with Crippen molar-refractivity contribution in [2.24, 2.45) is 5.92 Å². The van der Waals surface area contributed by atoms with Gasteiger partial charge in [-0.15, -0.1) is 0 Å². The van der Waals surface area contributed by atoms with E-state index in [0.29, 0.717) is 25.6 Å². The Balaban J connectivity index is 1.29. The number of fused-ring (bicyclic) bond motifs is 1.